The van der Waals surface area contributed by atoms with Gasteiger partial charge in [-0.3, -0.25) is 4.79 Å². The van der Waals surface area contributed by atoms with E-state index in [1.54, 1.807) is 12.1 Å². The maximum absolute atomic E-state index is 12.5. The van der Waals surface area contributed by atoms with Crippen molar-refractivity contribution in [2.45, 2.75) is 6.54 Å². The first kappa shape index (κ1) is 16.6. The number of aryl methyl sites for hydroxylation is 1. The normalized spacial score (nSPS) is 10.6. The molecule has 25 heavy (non-hydrogen) atoms. The number of ether oxygens (including phenoxy) is 1. The van der Waals surface area contributed by atoms with E-state index in [9.17, 15) is 14.7 Å². The Labute approximate surface area is 144 Å². The van der Waals surface area contributed by atoms with Gasteiger partial charge >= 0.3 is 5.97 Å². The molecule has 2 N–H and O–H groups in total. The Balaban J connectivity index is 1.79. The Bertz CT molecular complexity index is 959. The number of amides is 1. The first-order chi connectivity index (χ1) is 12.0. The number of carbonyl (C=O) groups is 2. The van der Waals surface area contributed by atoms with E-state index >= 15 is 0 Å². The number of aromatic carboxylic acids is 1. The highest BCUT2D eigenvalue weighted by atomic mass is 16.5. The van der Waals surface area contributed by atoms with Crippen LogP contribution >= 0.6 is 0 Å². The minimum absolute atomic E-state index is 0.0684. The molecule has 0 unspecified atom stereocenters. The van der Waals surface area contributed by atoms with E-state index in [-0.39, 0.29) is 23.8 Å². The smallest absolute Gasteiger partial charge is 0.339 e. The molecule has 1 amide bonds. The van der Waals surface area contributed by atoms with E-state index in [0.29, 0.717) is 11.3 Å². The van der Waals surface area contributed by atoms with E-state index in [1.165, 1.54) is 13.2 Å². The number of nitrogens with zero attached hydrogens (tertiary/aromatic N) is 1. The van der Waals surface area contributed by atoms with Gasteiger partial charge in [0.25, 0.3) is 5.91 Å². The monoisotopic (exact) mass is 338 g/mol. The van der Waals surface area contributed by atoms with Gasteiger partial charge in [-0.1, -0.05) is 24.3 Å². The van der Waals surface area contributed by atoms with Gasteiger partial charge in [-0.25, -0.2) is 4.79 Å². The molecule has 0 aliphatic carbocycles. The van der Waals surface area contributed by atoms with Crippen molar-refractivity contribution in [3.8, 4) is 5.75 Å². The third-order valence-corrected chi connectivity index (χ3v) is 4.13. The zero-order valence-electron chi connectivity index (χ0n) is 13.9. The van der Waals surface area contributed by atoms with Gasteiger partial charge in [-0.15, -0.1) is 0 Å². The van der Waals surface area contributed by atoms with Crippen LogP contribution in [-0.4, -0.2) is 28.7 Å². The number of carbonyl (C=O) groups excluding carboxylic acids is 1. The largest absolute Gasteiger partial charge is 0.496 e. The van der Waals surface area contributed by atoms with Crippen LogP contribution in [0.25, 0.3) is 10.9 Å². The molecule has 128 valence electrons. The summed E-state index contributed by atoms with van der Waals surface area (Å²) in [6, 6.07) is 14.4. The lowest BCUT2D eigenvalue weighted by Gasteiger charge is -2.09. The van der Waals surface area contributed by atoms with Crippen molar-refractivity contribution in [1.82, 2.24) is 9.88 Å². The molecule has 3 rings (SSSR count). The molecule has 0 aliphatic rings. The van der Waals surface area contributed by atoms with Crippen LogP contribution in [0.2, 0.25) is 0 Å². The van der Waals surface area contributed by atoms with Gasteiger partial charge in [0.05, 0.1) is 7.11 Å². The van der Waals surface area contributed by atoms with E-state index < -0.39 is 5.97 Å². The van der Waals surface area contributed by atoms with Crippen LogP contribution in [0.3, 0.4) is 0 Å². The molecular weight excluding hydrogens is 320 g/mol. The molecule has 0 saturated heterocycles. The second-order valence-corrected chi connectivity index (χ2v) is 5.67. The van der Waals surface area contributed by atoms with Crippen LogP contribution in [-0.2, 0) is 13.6 Å². The number of fused-ring (bicyclic) bond motifs is 1. The molecule has 1 heterocycles. The summed E-state index contributed by atoms with van der Waals surface area (Å²) in [6.45, 7) is 0.227. The molecule has 6 nitrogen and oxygen atoms in total. The molecule has 6 heteroatoms. The maximum atomic E-state index is 12.5. The van der Waals surface area contributed by atoms with Gasteiger partial charge in [0.1, 0.15) is 17.0 Å². The van der Waals surface area contributed by atoms with E-state index in [2.05, 4.69) is 5.32 Å². The molecule has 0 aliphatic heterocycles. The fraction of sp³-hybridized carbons (Fsp3) is 0.158. The number of carboxylic acid groups (broad SMARTS) is 1. The SMILES string of the molecule is COc1ccc(CNC(=O)c2cc3ccccc3n2C)cc1C(=O)O. The zero-order chi connectivity index (χ0) is 18.0. The summed E-state index contributed by atoms with van der Waals surface area (Å²) in [5.41, 5.74) is 2.28. The average molecular weight is 338 g/mol. The van der Waals surface area contributed by atoms with Crippen molar-refractivity contribution in [3.05, 3.63) is 65.4 Å². The van der Waals surface area contributed by atoms with Gasteiger partial charge < -0.3 is 19.7 Å². The second-order valence-electron chi connectivity index (χ2n) is 5.67. The lowest BCUT2D eigenvalue weighted by molar-refractivity contribution is 0.0693. The molecule has 0 radical (unpaired) electrons. The molecular formula is C19H18N2O4. The van der Waals surface area contributed by atoms with Crippen molar-refractivity contribution in [3.63, 3.8) is 0 Å². The second kappa shape index (κ2) is 6.68. The van der Waals surface area contributed by atoms with Crippen LogP contribution in [0, 0.1) is 0 Å². The standard InChI is InChI=1S/C19H18N2O4/c1-21-15-6-4-3-5-13(15)10-16(21)18(22)20-11-12-7-8-17(25-2)14(9-12)19(23)24/h3-10H,11H2,1-2H3,(H,20,22)(H,23,24). The molecule has 3 aromatic rings. The van der Waals surface area contributed by atoms with Crippen molar-refractivity contribution >= 4 is 22.8 Å². The third-order valence-electron chi connectivity index (χ3n) is 4.13. The molecule has 2 aromatic carbocycles. The van der Waals surface area contributed by atoms with Crippen LogP contribution < -0.4 is 10.1 Å². The Morgan fingerprint density at radius 3 is 2.60 bits per heavy atom. The lowest BCUT2D eigenvalue weighted by Crippen LogP contribution is -2.25. The van der Waals surface area contributed by atoms with Crippen molar-refractivity contribution < 1.29 is 19.4 Å². The van der Waals surface area contributed by atoms with Crippen molar-refractivity contribution in [2.75, 3.05) is 7.11 Å². The minimum atomic E-state index is -1.07. The van der Waals surface area contributed by atoms with Gasteiger partial charge in [-0.05, 0) is 29.8 Å². The van der Waals surface area contributed by atoms with E-state index in [4.69, 9.17) is 4.74 Å². The fourth-order valence-electron chi connectivity index (χ4n) is 2.81. The lowest BCUT2D eigenvalue weighted by atomic mass is 10.1. The fourth-order valence-corrected chi connectivity index (χ4v) is 2.81. The van der Waals surface area contributed by atoms with Crippen LogP contribution in [0.5, 0.6) is 5.75 Å². The third kappa shape index (κ3) is 3.19. The van der Waals surface area contributed by atoms with Gasteiger partial charge in [0.15, 0.2) is 0 Å². The number of methoxy groups -OCH3 is 1. The number of hydrogen-bond donors (Lipinski definition) is 2. The topological polar surface area (TPSA) is 80.6 Å². The Hall–Kier alpha value is -3.28. The quantitative estimate of drug-likeness (QED) is 0.750. The maximum Gasteiger partial charge on any atom is 0.339 e. The highest BCUT2D eigenvalue weighted by molar-refractivity contribution is 5.98. The summed E-state index contributed by atoms with van der Waals surface area (Å²) in [7, 11) is 3.26. The van der Waals surface area contributed by atoms with Gasteiger partial charge in [-0.2, -0.15) is 0 Å². The van der Waals surface area contributed by atoms with Crippen LogP contribution in [0.4, 0.5) is 0 Å². The summed E-state index contributed by atoms with van der Waals surface area (Å²) >= 11 is 0. The number of para-hydroxylation sites is 1. The Morgan fingerprint density at radius 1 is 1.16 bits per heavy atom. The highest BCUT2D eigenvalue weighted by Crippen LogP contribution is 2.21. The van der Waals surface area contributed by atoms with Crippen molar-refractivity contribution in [1.29, 1.82) is 0 Å². The average Bonchev–Trinajstić information content (AvgIpc) is 2.96. The first-order valence-electron chi connectivity index (χ1n) is 7.74. The number of rotatable bonds is 5. The van der Waals surface area contributed by atoms with Gasteiger partial charge in [0.2, 0.25) is 0 Å². The minimum Gasteiger partial charge on any atom is -0.496 e. The number of aromatic nitrogens is 1. The molecule has 0 spiro atoms. The molecule has 0 bridgehead atoms. The summed E-state index contributed by atoms with van der Waals surface area (Å²) in [6.07, 6.45) is 0. The number of hydrogen-bond acceptors (Lipinski definition) is 3. The number of carboxylic acids is 1. The summed E-state index contributed by atoms with van der Waals surface area (Å²) in [5, 5.41) is 13.0. The molecule has 0 fully saturated rings. The van der Waals surface area contributed by atoms with Crippen LogP contribution in [0.1, 0.15) is 26.4 Å². The Kier molecular flexibility index (Phi) is 4.43. The predicted octanol–water partition coefficient (Wildman–Crippen LogP) is 2.82. The molecule has 1 aromatic heterocycles. The van der Waals surface area contributed by atoms with E-state index in [0.717, 1.165) is 10.9 Å². The number of benzene rings is 2. The Morgan fingerprint density at radius 2 is 1.92 bits per heavy atom. The molecule has 0 atom stereocenters. The zero-order valence-corrected chi connectivity index (χ0v) is 13.9. The number of nitrogens with one attached hydrogen (secondary N) is 1. The summed E-state index contributed by atoms with van der Waals surface area (Å²) in [4.78, 5) is 23.7. The molecule has 0 saturated carbocycles. The summed E-state index contributed by atoms with van der Waals surface area (Å²) < 4.78 is 6.87. The van der Waals surface area contributed by atoms with Crippen LogP contribution in [0.15, 0.2) is 48.5 Å². The first-order valence-corrected chi connectivity index (χ1v) is 7.74. The highest BCUT2D eigenvalue weighted by Gasteiger charge is 2.14. The summed E-state index contributed by atoms with van der Waals surface area (Å²) in [5.74, 6) is -0.999. The predicted molar refractivity (Wildman–Crippen MR) is 94.0 cm³/mol. The van der Waals surface area contributed by atoms with E-state index in [1.807, 2.05) is 41.9 Å². The van der Waals surface area contributed by atoms with Crippen molar-refractivity contribution in [2.24, 2.45) is 7.05 Å². The van der Waals surface area contributed by atoms with Gasteiger partial charge in [0, 0.05) is 24.5 Å².